The van der Waals surface area contributed by atoms with Gasteiger partial charge in [-0.1, -0.05) is 0 Å². The summed E-state index contributed by atoms with van der Waals surface area (Å²) in [6, 6.07) is 0. The molecule has 0 aromatic carbocycles. The summed E-state index contributed by atoms with van der Waals surface area (Å²) in [5.74, 6) is 0.528. The Labute approximate surface area is 82.3 Å². The Balaban J connectivity index is 2.34. The highest BCUT2D eigenvalue weighted by molar-refractivity contribution is 5.78. The summed E-state index contributed by atoms with van der Waals surface area (Å²) < 4.78 is 0. The largest absolute Gasteiger partial charge is 0.370 e. The summed E-state index contributed by atoms with van der Waals surface area (Å²) in [7, 11) is 0. The van der Waals surface area contributed by atoms with Crippen LogP contribution >= 0.6 is 0 Å². The fourth-order valence-corrected chi connectivity index (χ4v) is 1.62. The summed E-state index contributed by atoms with van der Waals surface area (Å²) in [4.78, 5) is 12.5. The molecule has 0 saturated carbocycles. The predicted molar refractivity (Wildman–Crippen MR) is 54.1 cm³/mol. The number of hydrogen-bond acceptors (Lipinski definition) is 3. The van der Waals surface area contributed by atoms with Crippen LogP contribution in [0.25, 0.3) is 0 Å². The highest BCUT2D eigenvalue weighted by atomic mass is 15.0. The lowest BCUT2D eigenvalue weighted by Crippen LogP contribution is -2.22. The number of aliphatic imine (C=N–C) groups is 1. The third-order valence-corrected chi connectivity index (χ3v) is 2.24. The average Bonchev–Trinajstić information content (AvgIpc) is 2.17. The molecule has 4 N–H and O–H groups in total. The summed E-state index contributed by atoms with van der Waals surface area (Å²) in [6.45, 7) is 0. The Morgan fingerprint density at radius 1 is 1.21 bits per heavy atom. The molecule has 0 amide bonds. The zero-order valence-electron chi connectivity index (χ0n) is 7.90. The molecule has 0 bridgehead atoms. The van der Waals surface area contributed by atoms with E-state index in [0.29, 0.717) is 5.82 Å². The van der Waals surface area contributed by atoms with Gasteiger partial charge in [0.05, 0.1) is 17.6 Å². The summed E-state index contributed by atoms with van der Waals surface area (Å²) in [6.07, 6.45) is 5.99. The SMILES string of the molecule is NC(N)=Nc1cnc2c(n1)CCCC2. The van der Waals surface area contributed by atoms with E-state index in [1.807, 2.05) is 0 Å². The molecule has 1 heterocycles. The van der Waals surface area contributed by atoms with Gasteiger partial charge in [-0.25, -0.2) is 4.98 Å². The van der Waals surface area contributed by atoms with Crippen molar-refractivity contribution in [2.75, 3.05) is 0 Å². The number of aryl methyl sites for hydroxylation is 2. The van der Waals surface area contributed by atoms with Crippen molar-refractivity contribution in [2.45, 2.75) is 25.7 Å². The molecule has 0 radical (unpaired) electrons. The Bertz CT molecular complexity index is 367. The van der Waals surface area contributed by atoms with Crippen molar-refractivity contribution in [3.8, 4) is 0 Å². The summed E-state index contributed by atoms with van der Waals surface area (Å²) in [5, 5.41) is 0. The number of rotatable bonds is 1. The number of nitrogens with zero attached hydrogens (tertiary/aromatic N) is 3. The monoisotopic (exact) mass is 191 g/mol. The van der Waals surface area contributed by atoms with Gasteiger partial charge in [-0.3, -0.25) is 4.98 Å². The first-order chi connectivity index (χ1) is 6.75. The quantitative estimate of drug-likeness (QED) is 0.492. The Morgan fingerprint density at radius 3 is 2.64 bits per heavy atom. The van der Waals surface area contributed by atoms with E-state index in [0.717, 1.165) is 24.2 Å². The van der Waals surface area contributed by atoms with Crippen LogP contribution in [0.5, 0.6) is 0 Å². The van der Waals surface area contributed by atoms with Crippen LogP contribution in [0.2, 0.25) is 0 Å². The van der Waals surface area contributed by atoms with Crippen LogP contribution in [0.3, 0.4) is 0 Å². The molecule has 1 aromatic heterocycles. The van der Waals surface area contributed by atoms with E-state index in [9.17, 15) is 0 Å². The van der Waals surface area contributed by atoms with Gasteiger partial charge in [0.15, 0.2) is 11.8 Å². The van der Waals surface area contributed by atoms with E-state index < -0.39 is 0 Å². The molecule has 0 spiro atoms. The Kier molecular flexibility index (Phi) is 2.30. The number of guanidine groups is 1. The summed E-state index contributed by atoms with van der Waals surface area (Å²) >= 11 is 0. The standard InChI is InChI=1S/C9H13N5/c10-9(11)14-8-5-12-6-3-1-2-4-7(6)13-8/h5H,1-4H2,(H4,10,11,13,14). The van der Waals surface area contributed by atoms with E-state index >= 15 is 0 Å². The first-order valence-corrected chi connectivity index (χ1v) is 4.70. The van der Waals surface area contributed by atoms with E-state index in [2.05, 4.69) is 15.0 Å². The van der Waals surface area contributed by atoms with Gasteiger partial charge >= 0.3 is 0 Å². The second-order valence-corrected chi connectivity index (χ2v) is 3.37. The lowest BCUT2D eigenvalue weighted by Gasteiger charge is -2.12. The topological polar surface area (TPSA) is 90.2 Å². The van der Waals surface area contributed by atoms with E-state index in [-0.39, 0.29) is 5.96 Å². The molecule has 0 atom stereocenters. The lowest BCUT2D eigenvalue weighted by molar-refractivity contribution is 0.649. The van der Waals surface area contributed by atoms with Crippen LogP contribution in [0.1, 0.15) is 24.2 Å². The first-order valence-electron chi connectivity index (χ1n) is 4.70. The molecule has 2 rings (SSSR count). The van der Waals surface area contributed by atoms with Crippen LogP contribution in [-0.4, -0.2) is 15.9 Å². The van der Waals surface area contributed by atoms with E-state index in [1.165, 1.54) is 12.8 Å². The molecule has 0 unspecified atom stereocenters. The van der Waals surface area contributed by atoms with Crippen LogP contribution in [0.4, 0.5) is 5.82 Å². The van der Waals surface area contributed by atoms with Gasteiger partial charge < -0.3 is 11.5 Å². The van der Waals surface area contributed by atoms with Crippen LogP contribution < -0.4 is 11.5 Å². The van der Waals surface area contributed by atoms with Crippen molar-refractivity contribution in [1.29, 1.82) is 0 Å². The second-order valence-electron chi connectivity index (χ2n) is 3.37. The highest BCUT2D eigenvalue weighted by Gasteiger charge is 2.11. The maximum Gasteiger partial charge on any atom is 0.192 e. The lowest BCUT2D eigenvalue weighted by atomic mass is 10.0. The zero-order chi connectivity index (χ0) is 9.97. The minimum Gasteiger partial charge on any atom is -0.370 e. The van der Waals surface area contributed by atoms with Crippen molar-refractivity contribution < 1.29 is 0 Å². The van der Waals surface area contributed by atoms with E-state index in [4.69, 9.17) is 11.5 Å². The Morgan fingerprint density at radius 2 is 1.93 bits per heavy atom. The maximum atomic E-state index is 5.26. The molecule has 0 fully saturated rings. The fourth-order valence-electron chi connectivity index (χ4n) is 1.62. The van der Waals surface area contributed by atoms with Gasteiger partial charge in [0.1, 0.15) is 0 Å². The van der Waals surface area contributed by atoms with Crippen LogP contribution in [0, 0.1) is 0 Å². The first kappa shape index (κ1) is 8.93. The molecule has 5 nitrogen and oxygen atoms in total. The zero-order valence-corrected chi connectivity index (χ0v) is 7.90. The molecular formula is C9H13N5. The molecule has 1 aromatic rings. The van der Waals surface area contributed by atoms with Crippen LogP contribution in [0.15, 0.2) is 11.2 Å². The number of fused-ring (bicyclic) bond motifs is 1. The van der Waals surface area contributed by atoms with Crippen LogP contribution in [-0.2, 0) is 12.8 Å². The minimum absolute atomic E-state index is 0.0232. The smallest absolute Gasteiger partial charge is 0.192 e. The van der Waals surface area contributed by atoms with Crippen molar-refractivity contribution in [3.05, 3.63) is 17.6 Å². The molecule has 5 heteroatoms. The van der Waals surface area contributed by atoms with Gasteiger partial charge in [-0.2, -0.15) is 4.99 Å². The molecule has 1 aliphatic rings. The number of aromatic nitrogens is 2. The summed E-state index contributed by atoms with van der Waals surface area (Å²) in [5.41, 5.74) is 12.7. The molecule has 0 aliphatic heterocycles. The molecule has 14 heavy (non-hydrogen) atoms. The van der Waals surface area contributed by atoms with Crippen molar-refractivity contribution in [2.24, 2.45) is 16.5 Å². The third kappa shape index (κ3) is 1.81. The Hall–Kier alpha value is -1.65. The molecular weight excluding hydrogens is 178 g/mol. The predicted octanol–water partition coefficient (Wildman–Crippen LogP) is 0.260. The molecule has 74 valence electrons. The normalized spacial score (nSPS) is 14.6. The molecule has 1 aliphatic carbocycles. The van der Waals surface area contributed by atoms with Gasteiger partial charge in [0.25, 0.3) is 0 Å². The average molecular weight is 191 g/mol. The van der Waals surface area contributed by atoms with E-state index in [1.54, 1.807) is 6.20 Å². The number of hydrogen-bond donors (Lipinski definition) is 2. The van der Waals surface area contributed by atoms with Gasteiger partial charge in [0.2, 0.25) is 0 Å². The van der Waals surface area contributed by atoms with Gasteiger partial charge in [-0.15, -0.1) is 0 Å². The van der Waals surface area contributed by atoms with Crippen molar-refractivity contribution in [1.82, 2.24) is 9.97 Å². The number of nitrogens with two attached hydrogens (primary N) is 2. The third-order valence-electron chi connectivity index (χ3n) is 2.24. The van der Waals surface area contributed by atoms with Gasteiger partial charge in [0, 0.05) is 0 Å². The second kappa shape index (κ2) is 3.61. The fraction of sp³-hybridized carbons (Fsp3) is 0.444. The highest BCUT2D eigenvalue weighted by Crippen LogP contribution is 2.19. The minimum atomic E-state index is 0.0232. The molecule has 0 saturated heterocycles. The maximum absolute atomic E-state index is 5.26. The van der Waals surface area contributed by atoms with Crippen molar-refractivity contribution >= 4 is 11.8 Å². The van der Waals surface area contributed by atoms with Gasteiger partial charge in [-0.05, 0) is 25.7 Å². The van der Waals surface area contributed by atoms with Crippen molar-refractivity contribution in [3.63, 3.8) is 0 Å².